The number of carbonyl (C=O) groups is 3. The lowest BCUT2D eigenvalue weighted by atomic mass is 9.96. The van der Waals surface area contributed by atoms with E-state index in [0.717, 1.165) is 6.20 Å². The number of carboxylic acids is 1. The number of rotatable bonds is 4. The maximum Gasteiger partial charge on any atom is 0.405 e. The summed E-state index contributed by atoms with van der Waals surface area (Å²) in [5.74, 6) is -3.13. The smallest absolute Gasteiger partial charge is 0.405 e. The van der Waals surface area contributed by atoms with Gasteiger partial charge in [0, 0.05) is 19.3 Å². The second kappa shape index (κ2) is 7.49. The molecule has 0 aromatic carbocycles. The number of carbonyl (C=O) groups excluding carboxylic acids is 2. The van der Waals surface area contributed by atoms with Gasteiger partial charge in [-0.15, -0.1) is 0 Å². The number of likely N-dealkylation sites (tertiary alicyclic amines) is 1. The summed E-state index contributed by atoms with van der Waals surface area (Å²) in [6.45, 7) is -1.04. The molecule has 2 amide bonds. The molecule has 136 valence electrons. The molecule has 1 saturated heterocycles. The van der Waals surface area contributed by atoms with Crippen LogP contribution in [0.5, 0.6) is 0 Å². The fourth-order valence-corrected chi connectivity index (χ4v) is 2.54. The third kappa shape index (κ3) is 5.16. The quantitative estimate of drug-likeness (QED) is 0.844. The van der Waals surface area contributed by atoms with E-state index in [-0.39, 0.29) is 17.8 Å². The van der Waals surface area contributed by atoms with Crippen LogP contribution in [0.4, 0.5) is 13.2 Å². The number of hydrogen-bond acceptors (Lipinski definition) is 4. The number of nitrogens with zero attached hydrogens (tertiary/aromatic N) is 2. The first-order chi connectivity index (χ1) is 11.7. The van der Waals surface area contributed by atoms with Gasteiger partial charge in [0.1, 0.15) is 12.2 Å². The van der Waals surface area contributed by atoms with Gasteiger partial charge in [-0.25, -0.2) is 9.78 Å². The van der Waals surface area contributed by atoms with Gasteiger partial charge in [-0.3, -0.25) is 9.59 Å². The van der Waals surface area contributed by atoms with Gasteiger partial charge < -0.3 is 15.3 Å². The Morgan fingerprint density at radius 1 is 1.32 bits per heavy atom. The summed E-state index contributed by atoms with van der Waals surface area (Å²) in [4.78, 5) is 40.0. The molecule has 1 aliphatic heterocycles. The van der Waals surface area contributed by atoms with E-state index in [9.17, 15) is 27.6 Å². The van der Waals surface area contributed by atoms with E-state index in [1.807, 2.05) is 5.32 Å². The van der Waals surface area contributed by atoms with E-state index < -0.39 is 36.4 Å². The van der Waals surface area contributed by atoms with Gasteiger partial charge in [0.05, 0.1) is 11.5 Å². The van der Waals surface area contributed by atoms with E-state index in [0.29, 0.717) is 19.4 Å². The molecule has 0 radical (unpaired) electrons. The van der Waals surface area contributed by atoms with E-state index in [1.165, 1.54) is 17.0 Å². The number of aromatic carboxylic acids is 1. The molecule has 1 aromatic rings. The summed E-state index contributed by atoms with van der Waals surface area (Å²) < 4.78 is 36.5. The molecule has 1 atom stereocenters. The Labute approximate surface area is 140 Å². The Balaban J connectivity index is 1.98. The number of hydrogen-bond donors (Lipinski definition) is 2. The predicted octanol–water partition coefficient (Wildman–Crippen LogP) is 1.31. The molecule has 0 spiro atoms. The Morgan fingerprint density at radius 3 is 2.60 bits per heavy atom. The van der Waals surface area contributed by atoms with Crippen molar-refractivity contribution in [3.63, 3.8) is 0 Å². The maximum atomic E-state index is 12.4. The Bertz CT molecular complexity index is 661. The number of pyridine rings is 1. The van der Waals surface area contributed by atoms with Crippen molar-refractivity contribution >= 4 is 17.8 Å². The molecular formula is C15H16F3N3O4. The fraction of sp³-hybridized carbons (Fsp3) is 0.467. The highest BCUT2D eigenvalue weighted by Gasteiger charge is 2.32. The molecule has 2 rings (SSSR count). The van der Waals surface area contributed by atoms with E-state index in [2.05, 4.69) is 4.98 Å². The molecule has 1 unspecified atom stereocenters. The van der Waals surface area contributed by atoms with Crippen molar-refractivity contribution in [1.82, 2.24) is 15.2 Å². The monoisotopic (exact) mass is 359 g/mol. The third-order valence-corrected chi connectivity index (χ3v) is 3.77. The van der Waals surface area contributed by atoms with Gasteiger partial charge >= 0.3 is 12.1 Å². The number of piperidine rings is 1. The Kier molecular flexibility index (Phi) is 5.60. The van der Waals surface area contributed by atoms with Crippen molar-refractivity contribution in [3.05, 3.63) is 29.6 Å². The van der Waals surface area contributed by atoms with Crippen LogP contribution >= 0.6 is 0 Å². The lowest BCUT2D eigenvalue weighted by molar-refractivity contribution is -0.141. The summed E-state index contributed by atoms with van der Waals surface area (Å²) >= 11 is 0. The van der Waals surface area contributed by atoms with Crippen LogP contribution < -0.4 is 5.32 Å². The van der Waals surface area contributed by atoms with Crippen LogP contribution in [-0.2, 0) is 4.79 Å². The Hall–Kier alpha value is -2.65. The highest BCUT2D eigenvalue weighted by molar-refractivity contribution is 5.95. The van der Waals surface area contributed by atoms with Crippen LogP contribution in [0, 0.1) is 5.92 Å². The molecule has 0 bridgehead atoms. The first kappa shape index (κ1) is 18.7. The molecule has 10 heteroatoms. The van der Waals surface area contributed by atoms with Crippen LogP contribution in [0.25, 0.3) is 0 Å². The topological polar surface area (TPSA) is 99.6 Å². The van der Waals surface area contributed by atoms with E-state index in [1.54, 1.807) is 0 Å². The van der Waals surface area contributed by atoms with Crippen molar-refractivity contribution in [2.75, 3.05) is 19.6 Å². The number of alkyl halides is 3. The molecule has 0 aliphatic carbocycles. The molecule has 2 heterocycles. The summed E-state index contributed by atoms with van der Waals surface area (Å²) in [6, 6.07) is 2.50. The predicted molar refractivity (Wildman–Crippen MR) is 78.9 cm³/mol. The molecule has 25 heavy (non-hydrogen) atoms. The lowest BCUT2D eigenvalue weighted by Crippen LogP contribution is -2.47. The van der Waals surface area contributed by atoms with Gasteiger partial charge in [0.15, 0.2) is 0 Å². The molecule has 7 nitrogen and oxygen atoms in total. The summed E-state index contributed by atoms with van der Waals surface area (Å²) in [6.07, 6.45) is -2.49. The van der Waals surface area contributed by atoms with E-state index in [4.69, 9.17) is 5.11 Å². The number of aromatic nitrogens is 1. The minimum absolute atomic E-state index is 0.00318. The SMILES string of the molecule is O=C(O)c1ccc(C(=O)N2CCCC(C(=O)NCC(F)(F)F)C2)cn1. The van der Waals surface area contributed by atoms with Gasteiger partial charge in [0.25, 0.3) is 5.91 Å². The molecule has 1 aromatic heterocycles. The van der Waals surface area contributed by atoms with Gasteiger partial charge in [-0.05, 0) is 25.0 Å². The Morgan fingerprint density at radius 2 is 2.04 bits per heavy atom. The minimum atomic E-state index is -4.49. The van der Waals surface area contributed by atoms with Crippen LogP contribution in [-0.4, -0.2) is 58.6 Å². The zero-order chi connectivity index (χ0) is 18.6. The van der Waals surface area contributed by atoms with Crippen molar-refractivity contribution in [1.29, 1.82) is 0 Å². The van der Waals surface area contributed by atoms with Crippen molar-refractivity contribution in [2.24, 2.45) is 5.92 Å². The van der Waals surface area contributed by atoms with Crippen molar-refractivity contribution in [3.8, 4) is 0 Å². The average Bonchev–Trinajstić information content (AvgIpc) is 2.58. The second-order valence-electron chi connectivity index (χ2n) is 5.66. The molecule has 1 fully saturated rings. The number of nitrogens with one attached hydrogen (secondary N) is 1. The number of halogens is 3. The molecular weight excluding hydrogens is 343 g/mol. The molecule has 1 aliphatic rings. The second-order valence-corrected chi connectivity index (χ2v) is 5.66. The van der Waals surface area contributed by atoms with Crippen molar-refractivity contribution in [2.45, 2.75) is 19.0 Å². The molecule has 0 saturated carbocycles. The fourth-order valence-electron chi connectivity index (χ4n) is 2.54. The highest BCUT2D eigenvalue weighted by atomic mass is 19.4. The summed E-state index contributed by atoms with van der Waals surface area (Å²) in [5, 5.41) is 10.6. The lowest BCUT2D eigenvalue weighted by Gasteiger charge is -2.32. The number of carboxylic acid groups (broad SMARTS) is 1. The average molecular weight is 359 g/mol. The zero-order valence-electron chi connectivity index (χ0n) is 13.0. The van der Waals surface area contributed by atoms with Crippen LogP contribution in [0.3, 0.4) is 0 Å². The number of amides is 2. The summed E-state index contributed by atoms with van der Waals surface area (Å²) in [5.41, 5.74) is -0.0547. The van der Waals surface area contributed by atoms with Crippen LogP contribution in [0.15, 0.2) is 18.3 Å². The highest BCUT2D eigenvalue weighted by Crippen LogP contribution is 2.20. The largest absolute Gasteiger partial charge is 0.477 e. The zero-order valence-corrected chi connectivity index (χ0v) is 13.0. The summed E-state index contributed by atoms with van der Waals surface area (Å²) in [7, 11) is 0. The minimum Gasteiger partial charge on any atom is -0.477 e. The van der Waals surface area contributed by atoms with Gasteiger partial charge in [-0.1, -0.05) is 0 Å². The standard InChI is InChI=1S/C15H16F3N3O4/c16-15(17,18)8-20-12(22)10-2-1-5-21(7-10)13(23)9-3-4-11(14(24)25)19-6-9/h3-4,6,10H,1-2,5,7-8H2,(H,20,22)(H,24,25). The normalized spacial score (nSPS) is 17.9. The van der Waals surface area contributed by atoms with Gasteiger partial charge in [-0.2, -0.15) is 13.2 Å². The van der Waals surface area contributed by atoms with Gasteiger partial charge in [0.2, 0.25) is 5.91 Å². The first-order valence-electron chi connectivity index (χ1n) is 7.50. The van der Waals surface area contributed by atoms with Crippen LogP contribution in [0.1, 0.15) is 33.7 Å². The van der Waals surface area contributed by atoms with Crippen molar-refractivity contribution < 1.29 is 32.7 Å². The first-order valence-corrected chi connectivity index (χ1v) is 7.50. The van der Waals surface area contributed by atoms with Crippen LogP contribution in [0.2, 0.25) is 0 Å². The van der Waals surface area contributed by atoms with E-state index >= 15 is 0 Å². The maximum absolute atomic E-state index is 12.4. The molecule has 2 N–H and O–H groups in total. The third-order valence-electron chi connectivity index (χ3n) is 3.77.